The molecule has 1 fully saturated rings. The van der Waals surface area contributed by atoms with E-state index >= 15 is 0 Å². The number of benzene rings is 2. The average molecular weight is 639 g/mol. The third kappa shape index (κ3) is 6.57. The number of methoxy groups -OCH3 is 1. The van der Waals surface area contributed by atoms with Crippen LogP contribution >= 0.6 is 0 Å². The largest absolute Gasteiger partial charge is 0.494 e. The van der Waals surface area contributed by atoms with Gasteiger partial charge in [0.05, 0.1) is 42.0 Å². The number of nitrogens with one attached hydrogen (secondary N) is 2. The van der Waals surface area contributed by atoms with Gasteiger partial charge in [0.2, 0.25) is 11.9 Å². The molecule has 1 atom stereocenters. The smallest absolute Gasteiger partial charge is 0.416 e. The van der Waals surface area contributed by atoms with Crippen LogP contribution in [0.4, 0.5) is 52.5 Å². The molecule has 3 heterocycles. The molecule has 46 heavy (non-hydrogen) atoms. The van der Waals surface area contributed by atoms with Crippen LogP contribution in [0.15, 0.2) is 55.3 Å². The molecule has 11 nitrogen and oxygen atoms in total. The molecule has 2 aliphatic heterocycles. The summed E-state index contributed by atoms with van der Waals surface area (Å²) < 4.78 is 45.6. The molecule has 244 valence electrons. The van der Waals surface area contributed by atoms with Gasteiger partial charge >= 0.3 is 12.2 Å². The summed E-state index contributed by atoms with van der Waals surface area (Å²) in [6.45, 7) is 9.04. The van der Waals surface area contributed by atoms with E-state index in [2.05, 4.69) is 37.0 Å². The van der Waals surface area contributed by atoms with Crippen LogP contribution in [0.5, 0.6) is 5.75 Å². The van der Waals surface area contributed by atoms with E-state index < -0.39 is 17.8 Å². The molecule has 0 saturated carbocycles. The minimum Gasteiger partial charge on any atom is -0.494 e. The number of aromatic nitrogens is 2. The number of amides is 3. The quantitative estimate of drug-likeness (QED) is 0.275. The van der Waals surface area contributed by atoms with E-state index in [9.17, 15) is 22.8 Å². The lowest BCUT2D eigenvalue weighted by Crippen LogP contribution is -2.48. The second kappa shape index (κ2) is 12.9. The zero-order valence-corrected chi connectivity index (χ0v) is 26.4. The van der Waals surface area contributed by atoms with Crippen LogP contribution < -0.4 is 25.2 Å². The number of anilines is 6. The van der Waals surface area contributed by atoms with Crippen LogP contribution in [0.25, 0.3) is 0 Å². The highest BCUT2D eigenvalue weighted by molar-refractivity contribution is 6.03. The number of carbonyl (C=O) groups excluding carboxylic acids is 2. The van der Waals surface area contributed by atoms with Gasteiger partial charge in [-0.1, -0.05) is 6.58 Å². The van der Waals surface area contributed by atoms with Gasteiger partial charge in [0.15, 0.2) is 5.82 Å². The first-order valence-corrected chi connectivity index (χ1v) is 14.8. The van der Waals surface area contributed by atoms with Crippen molar-refractivity contribution in [1.29, 1.82) is 0 Å². The number of hydrogen-bond donors (Lipinski definition) is 2. The maximum Gasteiger partial charge on any atom is 0.416 e. The summed E-state index contributed by atoms with van der Waals surface area (Å²) in [5.41, 5.74) is 1.77. The fraction of sp³-hybridized carbons (Fsp3) is 0.375. The van der Waals surface area contributed by atoms with Crippen molar-refractivity contribution in [3.8, 4) is 5.75 Å². The molecule has 3 amide bonds. The lowest BCUT2D eigenvalue weighted by Gasteiger charge is -2.38. The van der Waals surface area contributed by atoms with Crippen LogP contribution in [-0.2, 0) is 17.5 Å². The van der Waals surface area contributed by atoms with E-state index in [0.717, 1.165) is 37.3 Å². The van der Waals surface area contributed by atoms with Gasteiger partial charge in [-0.25, -0.2) is 14.7 Å². The van der Waals surface area contributed by atoms with Crippen molar-refractivity contribution < 1.29 is 27.5 Å². The van der Waals surface area contributed by atoms with Crippen molar-refractivity contribution in [2.75, 3.05) is 54.7 Å². The third-order valence-electron chi connectivity index (χ3n) is 8.15. The monoisotopic (exact) mass is 638 g/mol. The maximum absolute atomic E-state index is 13.7. The normalized spacial score (nSPS) is 16.6. The summed E-state index contributed by atoms with van der Waals surface area (Å²) >= 11 is 0. The number of halogens is 3. The Morgan fingerprint density at radius 1 is 1.17 bits per heavy atom. The van der Waals surface area contributed by atoms with Crippen LogP contribution in [0, 0.1) is 0 Å². The second-order valence-corrected chi connectivity index (χ2v) is 11.7. The van der Waals surface area contributed by atoms with Crippen molar-refractivity contribution in [2.24, 2.45) is 0 Å². The van der Waals surface area contributed by atoms with Gasteiger partial charge in [-0.05, 0) is 70.8 Å². The van der Waals surface area contributed by atoms with Crippen molar-refractivity contribution in [3.05, 3.63) is 66.4 Å². The standard InChI is InChI=1S/C32H37F3N8O3/c1-7-28(44)37-24-14-25(27(46-6)15-26(24)41-13-12-23(18-41)40(4)5)38-30-36-16-20-17-42(19(2)3)31(45)43(29(20)39-30)22-10-8-21(9-11-22)32(33,34)35/h7-11,14-16,19,23H,1,12-13,17-18H2,2-6H3,(H,37,44)(H,36,38,39)/t23-/m1/s1. The number of nitrogens with zero attached hydrogens (tertiary/aromatic N) is 6. The summed E-state index contributed by atoms with van der Waals surface area (Å²) in [6.07, 6.45) is -0.799. The van der Waals surface area contributed by atoms with E-state index in [1.165, 1.54) is 30.2 Å². The molecule has 2 aromatic carbocycles. The van der Waals surface area contributed by atoms with E-state index in [1.54, 1.807) is 17.2 Å². The van der Waals surface area contributed by atoms with E-state index in [4.69, 9.17) is 4.74 Å². The molecule has 0 unspecified atom stereocenters. The minimum atomic E-state index is -4.52. The Kier molecular flexibility index (Phi) is 9.10. The summed E-state index contributed by atoms with van der Waals surface area (Å²) in [4.78, 5) is 42.4. The lowest BCUT2D eigenvalue weighted by molar-refractivity contribution is -0.137. The zero-order valence-electron chi connectivity index (χ0n) is 26.4. The second-order valence-electron chi connectivity index (χ2n) is 11.7. The number of urea groups is 1. The van der Waals surface area contributed by atoms with Crippen molar-refractivity contribution in [1.82, 2.24) is 19.8 Å². The number of carbonyl (C=O) groups is 2. The molecule has 0 bridgehead atoms. The lowest BCUT2D eigenvalue weighted by atomic mass is 10.1. The van der Waals surface area contributed by atoms with Gasteiger partial charge in [0.1, 0.15) is 5.75 Å². The Labute approximate surface area is 265 Å². The molecule has 14 heteroatoms. The Balaban J connectivity index is 1.53. The summed E-state index contributed by atoms with van der Waals surface area (Å²) in [6, 6.07) is 7.65. The topological polar surface area (TPSA) is 106 Å². The minimum absolute atomic E-state index is 0.113. The first-order chi connectivity index (χ1) is 21.8. The van der Waals surface area contributed by atoms with Crippen molar-refractivity contribution >= 4 is 46.5 Å². The number of hydrogen-bond acceptors (Lipinski definition) is 8. The first kappa shape index (κ1) is 32.5. The SMILES string of the molecule is C=CC(=O)Nc1cc(Nc2ncc3c(n2)N(c2ccc(C(F)(F)F)cc2)C(=O)N(C(C)C)C3)c(OC)cc1N1CC[C@@H](N(C)C)C1. The fourth-order valence-corrected chi connectivity index (χ4v) is 5.55. The molecule has 0 aliphatic carbocycles. The molecular formula is C32H37F3N8O3. The summed E-state index contributed by atoms with van der Waals surface area (Å²) in [5, 5.41) is 6.03. The van der Waals surface area contributed by atoms with Gasteiger partial charge < -0.3 is 30.1 Å². The van der Waals surface area contributed by atoms with E-state index in [1.807, 2.05) is 34.0 Å². The highest BCUT2D eigenvalue weighted by atomic mass is 19.4. The number of likely N-dealkylation sites (N-methyl/N-ethyl adjacent to an activating group) is 1. The van der Waals surface area contributed by atoms with Crippen molar-refractivity contribution in [3.63, 3.8) is 0 Å². The van der Waals surface area contributed by atoms with Gasteiger partial charge in [-0.15, -0.1) is 0 Å². The molecule has 5 rings (SSSR count). The molecule has 1 aromatic heterocycles. The molecular weight excluding hydrogens is 601 g/mol. The van der Waals surface area contributed by atoms with Gasteiger partial charge in [-0.3, -0.25) is 4.79 Å². The Morgan fingerprint density at radius 3 is 2.48 bits per heavy atom. The summed E-state index contributed by atoms with van der Waals surface area (Å²) in [5.74, 6) is 0.429. The summed E-state index contributed by atoms with van der Waals surface area (Å²) in [7, 11) is 5.60. The highest BCUT2D eigenvalue weighted by Gasteiger charge is 2.36. The predicted octanol–water partition coefficient (Wildman–Crippen LogP) is 5.99. The average Bonchev–Trinajstić information content (AvgIpc) is 3.51. The molecule has 2 N–H and O–H groups in total. The van der Waals surface area contributed by atoms with Gasteiger partial charge in [0, 0.05) is 43.0 Å². The number of fused-ring (bicyclic) bond motifs is 1. The number of alkyl halides is 3. The molecule has 0 radical (unpaired) electrons. The fourth-order valence-electron chi connectivity index (χ4n) is 5.55. The zero-order chi connectivity index (χ0) is 33.3. The van der Waals surface area contributed by atoms with Gasteiger partial charge in [0.25, 0.3) is 0 Å². The number of ether oxygens (including phenoxy) is 1. The van der Waals surface area contributed by atoms with Gasteiger partial charge in [-0.2, -0.15) is 18.2 Å². The Morgan fingerprint density at radius 2 is 1.89 bits per heavy atom. The maximum atomic E-state index is 13.7. The molecule has 2 aliphatic rings. The molecule has 3 aromatic rings. The first-order valence-electron chi connectivity index (χ1n) is 14.8. The molecule has 1 saturated heterocycles. The third-order valence-corrected chi connectivity index (χ3v) is 8.15. The van der Waals surface area contributed by atoms with Crippen molar-refractivity contribution in [2.45, 2.75) is 45.1 Å². The Bertz CT molecular complexity index is 1630. The van der Waals surface area contributed by atoms with Crippen LogP contribution in [-0.4, -0.2) is 78.1 Å². The highest BCUT2D eigenvalue weighted by Crippen LogP contribution is 2.41. The number of rotatable bonds is 9. The van der Waals surface area contributed by atoms with Crippen LogP contribution in [0.3, 0.4) is 0 Å². The van der Waals surface area contributed by atoms with E-state index in [0.29, 0.717) is 28.7 Å². The Hall–Kier alpha value is -4.85. The predicted molar refractivity (Wildman–Crippen MR) is 171 cm³/mol. The van der Waals surface area contributed by atoms with Crippen LogP contribution in [0.2, 0.25) is 0 Å². The van der Waals surface area contributed by atoms with Crippen LogP contribution in [0.1, 0.15) is 31.4 Å². The molecule has 0 spiro atoms. The van der Waals surface area contributed by atoms with E-state index in [-0.39, 0.29) is 35.9 Å².